The van der Waals surface area contributed by atoms with Crippen LogP contribution in [0.3, 0.4) is 0 Å². The molecule has 0 aliphatic heterocycles. The van der Waals surface area contributed by atoms with Crippen molar-refractivity contribution in [1.29, 1.82) is 0 Å². The third-order valence-corrected chi connectivity index (χ3v) is 2.84. The highest BCUT2D eigenvalue weighted by Crippen LogP contribution is 2.18. The lowest BCUT2D eigenvalue weighted by Gasteiger charge is -2.08. The second-order valence-electron chi connectivity index (χ2n) is 4.44. The molecule has 3 nitrogen and oxygen atoms in total. The second-order valence-corrected chi connectivity index (χ2v) is 4.44. The minimum absolute atomic E-state index is 0.0468. The maximum Gasteiger partial charge on any atom is 0.255 e. The molecule has 20 heavy (non-hydrogen) atoms. The van der Waals surface area contributed by atoms with Crippen LogP contribution in [0.1, 0.15) is 21.5 Å². The summed E-state index contributed by atoms with van der Waals surface area (Å²) in [7, 11) is 0. The molecular formula is C15H13F2NO2. The first-order chi connectivity index (χ1) is 9.47. The molecule has 0 saturated carbocycles. The average molecular weight is 277 g/mol. The van der Waals surface area contributed by atoms with Crippen LogP contribution in [0, 0.1) is 18.6 Å². The third kappa shape index (κ3) is 3.12. The van der Waals surface area contributed by atoms with Crippen LogP contribution < -0.4 is 5.32 Å². The fourth-order valence-electron chi connectivity index (χ4n) is 1.78. The van der Waals surface area contributed by atoms with Crippen LogP contribution >= 0.6 is 0 Å². The highest BCUT2D eigenvalue weighted by molar-refractivity contribution is 5.96. The van der Waals surface area contributed by atoms with E-state index >= 15 is 0 Å². The number of phenols is 1. The topological polar surface area (TPSA) is 49.3 Å². The number of aryl methyl sites for hydroxylation is 1. The molecule has 0 aliphatic rings. The molecule has 0 bridgehead atoms. The van der Waals surface area contributed by atoms with Crippen LogP contribution in [-0.2, 0) is 6.54 Å². The summed E-state index contributed by atoms with van der Waals surface area (Å²) in [4.78, 5) is 11.9. The molecule has 0 aromatic heterocycles. The van der Waals surface area contributed by atoms with Crippen molar-refractivity contribution < 1.29 is 18.7 Å². The van der Waals surface area contributed by atoms with Gasteiger partial charge >= 0.3 is 0 Å². The quantitative estimate of drug-likeness (QED) is 0.906. The van der Waals surface area contributed by atoms with Crippen molar-refractivity contribution >= 4 is 5.91 Å². The Kier molecular flexibility index (Phi) is 3.98. The van der Waals surface area contributed by atoms with Gasteiger partial charge in [-0.2, -0.15) is 0 Å². The number of nitrogens with one attached hydrogen (secondary N) is 1. The number of rotatable bonds is 3. The van der Waals surface area contributed by atoms with Gasteiger partial charge < -0.3 is 10.4 Å². The minimum atomic E-state index is -0.597. The molecule has 0 saturated heterocycles. The Labute approximate surface area is 114 Å². The summed E-state index contributed by atoms with van der Waals surface area (Å²) in [5, 5.41) is 12.1. The fraction of sp³-hybridized carbons (Fsp3) is 0.133. The van der Waals surface area contributed by atoms with E-state index in [1.54, 1.807) is 13.0 Å². The van der Waals surface area contributed by atoms with Gasteiger partial charge in [0, 0.05) is 12.1 Å². The van der Waals surface area contributed by atoms with Crippen LogP contribution in [0.4, 0.5) is 8.78 Å². The fourth-order valence-corrected chi connectivity index (χ4v) is 1.78. The standard InChI is InChI=1S/C15H13F2NO2/c1-9-2-5-14(19)12(6-9)15(20)18-8-10-7-11(16)3-4-13(10)17/h2-7,19H,8H2,1H3,(H,18,20). The van der Waals surface area contributed by atoms with E-state index in [2.05, 4.69) is 5.32 Å². The van der Waals surface area contributed by atoms with Crippen LogP contribution in [0.25, 0.3) is 0 Å². The molecule has 0 heterocycles. The molecule has 0 fully saturated rings. The maximum atomic E-state index is 13.4. The van der Waals surface area contributed by atoms with E-state index in [1.165, 1.54) is 12.1 Å². The lowest BCUT2D eigenvalue weighted by molar-refractivity contribution is 0.0948. The van der Waals surface area contributed by atoms with Gasteiger partial charge in [0.1, 0.15) is 17.4 Å². The summed E-state index contributed by atoms with van der Waals surface area (Å²) >= 11 is 0. The molecule has 1 amide bonds. The Morgan fingerprint density at radius 2 is 1.95 bits per heavy atom. The van der Waals surface area contributed by atoms with E-state index < -0.39 is 17.5 Å². The first-order valence-electron chi connectivity index (χ1n) is 5.99. The molecule has 0 spiro atoms. The number of benzene rings is 2. The van der Waals surface area contributed by atoms with Gasteiger partial charge in [-0.25, -0.2) is 8.78 Å². The van der Waals surface area contributed by atoms with Crippen LogP contribution in [0.2, 0.25) is 0 Å². The highest BCUT2D eigenvalue weighted by atomic mass is 19.1. The zero-order valence-corrected chi connectivity index (χ0v) is 10.8. The number of carbonyl (C=O) groups excluding carboxylic acids is 1. The number of carbonyl (C=O) groups is 1. The van der Waals surface area contributed by atoms with E-state index in [0.29, 0.717) is 0 Å². The van der Waals surface area contributed by atoms with Gasteiger partial charge in [-0.15, -0.1) is 0 Å². The van der Waals surface area contributed by atoms with E-state index in [-0.39, 0.29) is 23.4 Å². The van der Waals surface area contributed by atoms with Gasteiger partial charge in [0.15, 0.2) is 0 Å². The number of hydrogen-bond acceptors (Lipinski definition) is 2. The van der Waals surface area contributed by atoms with Gasteiger partial charge in [0.2, 0.25) is 0 Å². The molecule has 2 aromatic rings. The summed E-state index contributed by atoms with van der Waals surface area (Å²) in [6.45, 7) is 1.62. The number of phenolic OH excluding ortho intramolecular Hbond substituents is 1. The predicted molar refractivity (Wildman–Crippen MR) is 70.4 cm³/mol. The molecule has 2 N–H and O–H groups in total. The molecule has 5 heteroatoms. The van der Waals surface area contributed by atoms with Crippen LogP contribution in [0.5, 0.6) is 5.75 Å². The number of halogens is 2. The summed E-state index contributed by atoms with van der Waals surface area (Å²) < 4.78 is 26.4. The van der Waals surface area contributed by atoms with E-state index in [0.717, 1.165) is 23.8 Å². The first-order valence-corrected chi connectivity index (χ1v) is 5.99. The van der Waals surface area contributed by atoms with Gasteiger partial charge in [-0.3, -0.25) is 4.79 Å². The number of hydrogen-bond donors (Lipinski definition) is 2. The highest BCUT2D eigenvalue weighted by Gasteiger charge is 2.12. The summed E-state index contributed by atoms with van der Waals surface area (Å²) in [6, 6.07) is 7.62. The molecular weight excluding hydrogens is 264 g/mol. The van der Waals surface area contributed by atoms with Gasteiger partial charge in [-0.05, 0) is 37.3 Å². The van der Waals surface area contributed by atoms with Crippen molar-refractivity contribution in [1.82, 2.24) is 5.32 Å². The smallest absolute Gasteiger partial charge is 0.255 e. The van der Waals surface area contributed by atoms with E-state index in [9.17, 15) is 18.7 Å². The lowest BCUT2D eigenvalue weighted by Crippen LogP contribution is -2.23. The number of aromatic hydroxyl groups is 1. The largest absolute Gasteiger partial charge is 0.507 e. The van der Waals surface area contributed by atoms with Crippen molar-refractivity contribution in [3.05, 3.63) is 64.7 Å². The van der Waals surface area contributed by atoms with Crippen molar-refractivity contribution in [3.63, 3.8) is 0 Å². The molecule has 0 radical (unpaired) electrons. The lowest BCUT2D eigenvalue weighted by atomic mass is 10.1. The SMILES string of the molecule is Cc1ccc(O)c(C(=O)NCc2cc(F)ccc2F)c1. The third-order valence-electron chi connectivity index (χ3n) is 2.84. The zero-order chi connectivity index (χ0) is 14.7. The van der Waals surface area contributed by atoms with Crippen LogP contribution in [-0.4, -0.2) is 11.0 Å². The molecule has 0 unspecified atom stereocenters. The number of amides is 1. The first kappa shape index (κ1) is 14.0. The molecule has 0 atom stereocenters. The normalized spacial score (nSPS) is 10.3. The van der Waals surface area contributed by atoms with Gasteiger partial charge in [0.25, 0.3) is 5.91 Å². The van der Waals surface area contributed by atoms with Crippen LogP contribution in [0.15, 0.2) is 36.4 Å². The maximum absolute atomic E-state index is 13.4. The summed E-state index contributed by atoms with van der Waals surface area (Å²) in [5.41, 5.74) is 0.956. The monoisotopic (exact) mass is 277 g/mol. The average Bonchev–Trinajstić information content (AvgIpc) is 2.42. The van der Waals surface area contributed by atoms with Gasteiger partial charge in [-0.1, -0.05) is 11.6 Å². The summed E-state index contributed by atoms with van der Waals surface area (Å²) in [6.07, 6.45) is 0. The predicted octanol–water partition coefficient (Wildman–Crippen LogP) is 2.91. The van der Waals surface area contributed by atoms with E-state index in [4.69, 9.17) is 0 Å². The molecule has 104 valence electrons. The van der Waals surface area contributed by atoms with Gasteiger partial charge in [0.05, 0.1) is 5.56 Å². The Hall–Kier alpha value is -2.43. The molecule has 2 aromatic carbocycles. The van der Waals surface area contributed by atoms with Crippen molar-refractivity contribution in [2.45, 2.75) is 13.5 Å². The molecule has 2 rings (SSSR count). The van der Waals surface area contributed by atoms with Crippen molar-refractivity contribution in [2.75, 3.05) is 0 Å². The Balaban J connectivity index is 2.12. The van der Waals surface area contributed by atoms with Crippen molar-refractivity contribution in [2.24, 2.45) is 0 Å². The Bertz CT molecular complexity index is 656. The zero-order valence-electron chi connectivity index (χ0n) is 10.8. The molecule has 0 aliphatic carbocycles. The minimum Gasteiger partial charge on any atom is -0.507 e. The second kappa shape index (κ2) is 5.69. The Morgan fingerprint density at radius 1 is 1.20 bits per heavy atom. The Morgan fingerprint density at radius 3 is 2.70 bits per heavy atom. The van der Waals surface area contributed by atoms with E-state index in [1.807, 2.05) is 0 Å². The summed E-state index contributed by atoms with van der Waals surface area (Å²) in [5.74, 6) is -1.88. The van der Waals surface area contributed by atoms with Crippen molar-refractivity contribution in [3.8, 4) is 5.75 Å².